The number of hydrogen-bond acceptors (Lipinski definition) is 3. The van der Waals surface area contributed by atoms with E-state index in [2.05, 4.69) is 18.4 Å². The standard InChI is InChI=1S/C16H17NO2S/c1-10-4-3-5-13(15(10)18)16(19)17-8-6-14-12(11(17)2)7-9-20-14/h3-5,7,9,11,18H,6,8H2,1-2H3. The molecule has 2 heterocycles. The summed E-state index contributed by atoms with van der Waals surface area (Å²) in [4.78, 5) is 15.9. The third-order valence-corrected chi connectivity index (χ3v) is 5.00. The maximum absolute atomic E-state index is 12.7. The number of para-hydroxylation sites is 1. The molecule has 0 bridgehead atoms. The van der Waals surface area contributed by atoms with Crippen molar-refractivity contribution in [2.45, 2.75) is 26.3 Å². The predicted octanol–water partition coefficient (Wildman–Crippen LogP) is 3.52. The third kappa shape index (κ3) is 2.00. The van der Waals surface area contributed by atoms with Gasteiger partial charge in [-0.2, -0.15) is 0 Å². The molecule has 4 heteroatoms. The highest BCUT2D eigenvalue weighted by atomic mass is 32.1. The number of rotatable bonds is 1. The molecule has 1 unspecified atom stereocenters. The highest BCUT2D eigenvalue weighted by Gasteiger charge is 2.30. The van der Waals surface area contributed by atoms with Crippen LogP contribution in [0, 0.1) is 6.92 Å². The Morgan fingerprint density at radius 3 is 3.00 bits per heavy atom. The summed E-state index contributed by atoms with van der Waals surface area (Å²) >= 11 is 1.76. The second-order valence-electron chi connectivity index (χ2n) is 5.19. The molecule has 104 valence electrons. The van der Waals surface area contributed by atoms with Crippen LogP contribution in [-0.4, -0.2) is 22.5 Å². The zero-order valence-electron chi connectivity index (χ0n) is 11.6. The van der Waals surface area contributed by atoms with E-state index in [1.165, 1.54) is 10.4 Å². The van der Waals surface area contributed by atoms with Crippen LogP contribution in [-0.2, 0) is 6.42 Å². The van der Waals surface area contributed by atoms with Crippen molar-refractivity contribution in [3.8, 4) is 5.75 Å². The minimum absolute atomic E-state index is 0.0670. The maximum atomic E-state index is 12.7. The molecule has 2 aromatic rings. The number of aromatic hydroxyl groups is 1. The molecule has 1 aliphatic rings. The Kier molecular flexibility index (Phi) is 3.26. The van der Waals surface area contributed by atoms with Crippen molar-refractivity contribution in [3.63, 3.8) is 0 Å². The van der Waals surface area contributed by atoms with Gasteiger partial charge in [-0.05, 0) is 48.9 Å². The summed E-state index contributed by atoms with van der Waals surface area (Å²) < 4.78 is 0. The first kappa shape index (κ1) is 13.2. The molecule has 3 nitrogen and oxygen atoms in total. The molecule has 0 radical (unpaired) electrons. The van der Waals surface area contributed by atoms with Gasteiger partial charge in [-0.15, -0.1) is 11.3 Å². The fourth-order valence-corrected chi connectivity index (χ4v) is 3.74. The lowest BCUT2D eigenvalue weighted by molar-refractivity contribution is 0.0676. The van der Waals surface area contributed by atoms with Crippen LogP contribution < -0.4 is 0 Å². The molecule has 3 rings (SSSR count). The quantitative estimate of drug-likeness (QED) is 0.871. The van der Waals surface area contributed by atoms with Crippen LogP contribution in [0.15, 0.2) is 29.6 Å². The lowest BCUT2D eigenvalue weighted by Gasteiger charge is -2.34. The number of amides is 1. The van der Waals surface area contributed by atoms with E-state index in [0.29, 0.717) is 12.1 Å². The number of carbonyl (C=O) groups is 1. The number of hydrogen-bond donors (Lipinski definition) is 1. The molecule has 1 aliphatic heterocycles. The van der Waals surface area contributed by atoms with E-state index in [0.717, 1.165) is 12.0 Å². The van der Waals surface area contributed by atoms with Crippen molar-refractivity contribution < 1.29 is 9.90 Å². The second kappa shape index (κ2) is 4.94. The summed E-state index contributed by atoms with van der Waals surface area (Å²) in [6, 6.07) is 7.48. The van der Waals surface area contributed by atoms with Crippen LogP contribution in [0.5, 0.6) is 5.75 Å². The molecular weight excluding hydrogens is 270 g/mol. The predicted molar refractivity (Wildman–Crippen MR) is 80.3 cm³/mol. The van der Waals surface area contributed by atoms with Crippen molar-refractivity contribution >= 4 is 17.2 Å². The number of fused-ring (bicyclic) bond motifs is 1. The molecule has 0 spiro atoms. The molecular formula is C16H17NO2S. The fourth-order valence-electron chi connectivity index (χ4n) is 2.77. The highest BCUT2D eigenvalue weighted by molar-refractivity contribution is 7.10. The van der Waals surface area contributed by atoms with E-state index >= 15 is 0 Å². The zero-order valence-corrected chi connectivity index (χ0v) is 12.4. The average molecular weight is 287 g/mol. The van der Waals surface area contributed by atoms with Crippen LogP contribution in [0.4, 0.5) is 0 Å². The summed E-state index contributed by atoms with van der Waals surface area (Å²) in [5, 5.41) is 12.2. The minimum Gasteiger partial charge on any atom is -0.507 e. The van der Waals surface area contributed by atoms with Crippen molar-refractivity contribution in [2.75, 3.05) is 6.54 Å². The lowest BCUT2D eigenvalue weighted by Crippen LogP contribution is -2.38. The van der Waals surface area contributed by atoms with Crippen molar-refractivity contribution in [1.82, 2.24) is 4.90 Å². The molecule has 0 saturated heterocycles. The number of thiophene rings is 1. The van der Waals surface area contributed by atoms with Crippen molar-refractivity contribution in [1.29, 1.82) is 0 Å². The van der Waals surface area contributed by atoms with Gasteiger partial charge in [0.15, 0.2) is 0 Å². The van der Waals surface area contributed by atoms with Gasteiger partial charge in [0, 0.05) is 11.4 Å². The van der Waals surface area contributed by atoms with Gasteiger partial charge < -0.3 is 10.0 Å². The fraction of sp³-hybridized carbons (Fsp3) is 0.312. The first-order chi connectivity index (χ1) is 9.59. The van der Waals surface area contributed by atoms with Gasteiger partial charge in [-0.3, -0.25) is 4.79 Å². The Morgan fingerprint density at radius 2 is 2.20 bits per heavy atom. The van der Waals surface area contributed by atoms with Crippen LogP contribution >= 0.6 is 11.3 Å². The summed E-state index contributed by atoms with van der Waals surface area (Å²) in [5.74, 6) is 0.0105. The Hall–Kier alpha value is -1.81. The number of nitrogens with zero attached hydrogens (tertiary/aromatic N) is 1. The Balaban J connectivity index is 1.94. The number of benzene rings is 1. The van der Waals surface area contributed by atoms with Gasteiger partial charge in [-0.25, -0.2) is 0 Å². The molecule has 0 saturated carbocycles. The van der Waals surface area contributed by atoms with Crippen LogP contribution in [0.3, 0.4) is 0 Å². The Morgan fingerprint density at radius 1 is 1.40 bits per heavy atom. The molecule has 20 heavy (non-hydrogen) atoms. The normalized spacial score (nSPS) is 17.9. The van der Waals surface area contributed by atoms with E-state index in [1.54, 1.807) is 17.4 Å². The van der Waals surface area contributed by atoms with E-state index in [4.69, 9.17) is 0 Å². The van der Waals surface area contributed by atoms with Crippen molar-refractivity contribution in [3.05, 3.63) is 51.2 Å². The highest BCUT2D eigenvalue weighted by Crippen LogP contribution is 2.35. The summed E-state index contributed by atoms with van der Waals surface area (Å²) in [6.45, 7) is 4.57. The van der Waals surface area contributed by atoms with Crippen LogP contribution in [0.25, 0.3) is 0 Å². The van der Waals surface area contributed by atoms with Crippen molar-refractivity contribution in [2.24, 2.45) is 0 Å². The molecule has 1 atom stereocenters. The second-order valence-corrected chi connectivity index (χ2v) is 6.20. The number of carbonyl (C=O) groups excluding carboxylic acids is 1. The molecule has 1 aromatic carbocycles. The van der Waals surface area contributed by atoms with Gasteiger partial charge >= 0.3 is 0 Å². The molecule has 1 aromatic heterocycles. The largest absolute Gasteiger partial charge is 0.507 e. The molecule has 1 N–H and O–H groups in total. The zero-order chi connectivity index (χ0) is 14.3. The summed E-state index contributed by atoms with van der Waals surface area (Å²) in [6.07, 6.45) is 0.898. The Labute approximate surface area is 122 Å². The lowest BCUT2D eigenvalue weighted by atomic mass is 9.99. The van der Waals surface area contributed by atoms with E-state index in [1.807, 2.05) is 24.0 Å². The SMILES string of the molecule is Cc1cccc(C(=O)N2CCc3sccc3C2C)c1O. The topological polar surface area (TPSA) is 40.5 Å². The smallest absolute Gasteiger partial charge is 0.258 e. The van der Waals surface area contributed by atoms with Crippen LogP contribution in [0.2, 0.25) is 0 Å². The van der Waals surface area contributed by atoms with Gasteiger partial charge in [0.1, 0.15) is 5.75 Å². The summed E-state index contributed by atoms with van der Waals surface area (Å²) in [7, 11) is 0. The minimum atomic E-state index is -0.0875. The van der Waals surface area contributed by atoms with Gasteiger partial charge in [-0.1, -0.05) is 12.1 Å². The Bertz CT molecular complexity index is 662. The van der Waals surface area contributed by atoms with E-state index < -0.39 is 0 Å². The van der Waals surface area contributed by atoms with E-state index in [-0.39, 0.29) is 17.7 Å². The first-order valence-electron chi connectivity index (χ1n) is 6.75. The van der Waals surface area contributed by atoms with Gasteiger partial charge in [0.2, 0.25) is 0 Å². The number of phenolic OH excluding ortho intramolecular Hbond substituents is 1. The molecule has 1 amide bonds. The maximum Gasteiger partial charge on any atom is 0.258 e. The number of aryl methyl sites for hydroxylation is 1. The van der Waals surface area contributed by atoms with E-state index in [9.17, 15) is 9.90 Å². The van der Waals surface area contributed by atoms with Gasteiger partial charge in [0.05, 0.1) is 11.6 Å². The summed E-state index contributed by atoms with van der Waals surface area (Å²) in [5.41, 5.74) is 2.37. The first-order valence-corrected chi connectivity index (χ1v) is 7.63. The number of phenols is 1. The van der Waals surface area contributed by atoms with Crippen LogP contribution in [0.1, 0.15) is 39.3 Å². The monoisotopic (exact) mass is 287 g/mol. The molecule has 0 fully saturated rings. The average Bonchev–Trinajstić information content (AvgIpc) is 2.91. The van der Waals surface area contributed by atoms with Gasteiger partial charge in [0.25, 0.3) is 5.91 Å². The molecule has 0 aliphatic carbocycles. The third-order valence-electron chi connectivity index (χ3n) is 4.01.